The van der Waals surface area contributed by atoms with E-state index in [2.05, 4.69) is 243 Å². The molecule has 6 aliphatic heterocycles. The van der Waals surface area contributed by atoms with E-state index in [0.717, 1.165) is 187 Å². The lowest BCUT2D eigenvalue weighted by Gasteiger charge is -2.50. The van der Waals surface area contributed by atoms with Crippen LogP contribution in [0.1, 0.15) is 314 Å². The summed E-state index contributed by atoms with van der Waals surface area (Å²) >= 11 is 0. The first-order valence-electron chi connectivity index (χ1n) is 48.7. The van der Waals surface area contributed by atoms with Gasteiger partial charge in [0.15, 0.2) is 0 Å². The fourth-order valence-corrected chi connectivity index (χ4v) is 23.9. The summed E-state index contributed by atoms with van der Waals surface area (Å²) in [6.07, 6.45) is 20.6. The molecule has 0 saturated carbocycles. The van der Waals surface area contributed by atoms with Crippen molar-refractivity contribution in [2.24, 2.45) is 5.92 Å². The summed E-state index contributed by atoms with van der Waals surface area (Å²) in [4.78, 5) is 65.3. The number of hydrogen-bond donors (Lipinski definition) is 9. The number of rotatable bonds is 50. The first-order valence-corrected chi connectivity index (χ1v) is 48.7. The molecule has 126 heavy (non-hydrogen) atoms. The predicted octanol–water partition coefficient (Wildman–Crippen LogP) is 14.4. The number of methoxy groups -OCH3 is 6. The molecule has 0 amide bonds. The van der Waals surface area contributed by atoms with Crippen molar-refractivity contribution in [1.29, 1.82) is 0 Å². The minimum Gasteiger partial charge on any atom is -0.385 e. The Morgan fingerprint density at radius 3 is 0.611 bits per heavy atom. The van der Waals surface area contributed by atoms with E-state index < -0.39 is 0 Å². The molecule has 30 heteroatoms. The van der Waals surface area contributed by atoms with Crippen LogP contribution >= 0.6 is 0 Å². The van der Waals surface area contributed by atoms with Crippen LogP contribution in [0.4, 0.5) is 53.5 Å². The van der Waals surface area contributed by atoms with Crippen LogP contribution in [-0.4, -0.2) is 289 Å². The standard InChI is InChI=1S/C96H182N24O6/c1-85(2)56-70(57-86(3,4)109-85)115(44-34-50-121-25)79-100-76(101-80(106-79)116(45-35-51-122-26)71-58-87(5,6)110-88(7,8)59-71)97-42-32-31-40-69(68-99-78-104-83(119(48-38-54-125-29)74-64-93(17,18)113-94(19,20)65-74)108-84(105-78)120(49-39-55-126-30)75-66-95(21,22)114-96(23,24)67-75)41-33-43-98-77-102-81(117(46-36-52-123-27)72-60-89(9,10)111-90(11,12)61-72)107-82(103-77)118(47-37-53-124-28)73-62-91(13,14)112-92(15,16)63-73/h69-75,109-114H,31-68H2,1-30H3,(H,97,100,101,106)(H,98,102,103,107)(H,99,104,105,108). The van der Waals surface area contributed by atoms with Crippen LogP contribution in [0.15, 0.2) is 0 Å². The van der Waals surface area contributed by atoms with E-state index >= 15 is 0 Å². The van der Waals surface area contributed by atoms with E-state index in [1.54, 1.807) is 42.7 Å². The molecule has 0 aliphatic carbocycles. The maximum atomic E-state index is 5.82. The molecule has 6 fully saturated rings. The maximum Gasteiger partial charge on any atom is 0.232 e. The third-order valence-corrected chi connectivity index (χ3v) is 26.5. The van der Waals surface area contributed by atoms with E-state index in [1.165, 1.54) is 0 Å². The zero-order chi connectivity index (χ0) is 92.5. The van der Waals surface area contributed by atoms with E-state index in [9.17, 15) is 0 Å². The Morgan fingerprint density at radius 2 is 0.421 bits per heavy atom. The lowest BCUT2D eigenvalue weighted by atomic mass is 9.79. The van der Waals surface area contributed by atoms with Crippen molar-refractivity contribution >= 4 is 53.5 Å². The largest absolute Gasteiger partial charge is 0.385 e. The molecule has 3 aromatic heterocycles. The number of piperidine rings is 6. The fourth-order valence-electron chi connectivity index (χ4n) is 23.9. The van der Waals surface area contributed by atoms with Gasteiger partial charge in [0.2, 0.25) is 53.5 Å². The van der Waals surface area contributed by atoms with Gasteiger partial charge in [0.25, 0.3) is 0 Å². The maximum absolute atomic E-state index is 5.82. The molecule has 722 valence electrons. The molecular weight excluding hydrogens is 1590 g/mol. The highest BCUT2D eigenvalue weighted by atomic mass is 16.5. The molecule has 30 nitrogen and oxygen atoms in total. The Kier molecular flexibility index (Phi) is 36.9. The summed E-state index contributed by atoms with van der Waals surface area (Å²) in [6.45, 7) is 66.1. The average molecular weight is 1770 g/mol. The van der Waals surface area contributed by atoms with Crippen molar-refractivity contribution in [3.8, 4) is 0 Å². The lowest BCUT2D eigenvalue weighted by molar-refractivity contribution is 0.153. The van der Waals surface area contributed by atoms with Gasteiger partial charge in [0.1, 0.15) is 0 Å². The SMILES string of the molecule is COCCCN(c1nc(NCCCCC(CCCNc2nc(N(CCCOC)C3CC(C)(C)NC(C)(C)C3)nc(N(CCCOC)C3CC(C)(C)NC(C)(C)C3)n2)CNc2nc(N(CCCOC)C3CC(C)(C)NC(C)(C)C3)nc(N(CCCOC)C3CC(C)(C)NC(C)(C)C3)n2)nc(N(CCCOC)C2CC(C)(C)NC(C)(C)C2)n1)C1CC(C)(C)NC(C)(C)C1. The van der Waals surface area contributed by atoms with Crippen LogP contribution in [-0.2, 0) is 28.4 Å². The highest BCUT2D eigenvalue weighted by Gasteiger charge is 2.49. The van der Waals surface area contributed by atoms with E-state index in [4.69, 9.17) is 73.3 Å². The Bertz CT molecular complexity index is 3480. The zero-order valence-corrected chi connectivity index (χ0v) is 85.1. The zero-order valence-electron chi connectivity index (χ0n) is 85.1. The number of nitrogens with zero attached hydrogens (tertiary/aromatic N) is 15. The molecule has 0 spiro atoms. The van der Waals surface area contributed by atoms with Crippen LogP contribution in [0.2, 0.25) is 0 Å². The van der Waals surface area contributed by atoms with Crippen LogP contribution in [0.25, 0.3) is 0 Å². The predicted molar refractivity (Wildman–Crippen MR) is 520 cm³/mol. The summed E-state index contributed by atoms with van der Waals surface area (Å²) in [5.74, 6) is 6.20. The van der Waals surface area contributed by atoms with Gasteiger partial charge in [-0.2, -0.15) is 44.9 Å². The van der Waals surface area contributed by atoms with Crippen LogP contribution in [0.5, 0.6) is 0 Å². The Hall–Kier alpha value is -5.25. The number of hydrogen-bond acceptors (Lipinski definition) is 30. The third kappa shape index (κ3) is 32.6. The van der Waals surface area contributed by atoms with Gasteiger partial charge >= 0.3 is 0 Å². The molecule has 3 aromatic rings. The Morgan fingerprint density at radius 1 is 0.246 bits per heavy atom. The number of aromatic nitrogens is 9. The molecule has 9 rings (SSSR count). The van der Waals surface area contributed by atoms with Crippen LogP contribution < -0.4 is 77.3 Å². The second-order valence-corrected chi connectivity index (χ2v) is 46.5. The average Bonchev–Trinajstić information content (AvgIpc) is 0.772. The van der Waals surface area contributed by atoms with Gasteiger partial charge in [0, 0.05) is 244 Å². The first kappa shape index (κ1) is 104. The molecule has 0 bridgehead atoms. The minimum atomic E-state index is -0.136. The van der Waals surface area contributed by atoms with Gasteiger partial charge in [-0.1, -0.05) is 6.42 Å². The number of unbranched alkanes of at least 4 members (excludes halogenated alkanes) is 1. The van der Waals surface area contributed by atoms with Crippen LogP contribution in [0.3, 0.4) is 0 Å². The summed E-state index contributed by atoms with van der Waals surface area (Å²) in [7, 11) is 10.8. The monoisotopic (exact) mass is 1770 g/mol. The quantitative estimate of drug-likeness (QED) is 0.0237. The third-order valence-electron chi connectivity index (χ3n) is 26.5. The normalized spacial score (nSPS) is 22.2. The molecular formula is C96H182N24O6. The second-order valence-electron chi connectivity index (χ2n) is 46.5. The number of anilines is 9. The van der Waals surface area contributed by atoms with E-state index in [0.29, 0.717) is 113 Å². The van der Waals surface area contributed by atoms with E-state index in [1.807, 2.05) is 0 Å². The highest BCUT2D eigenvalue weighted by Crippen LogP contribution is 2.43. The minimum absolute atomic E-state index is 0.116. The molecule has 1 atom stereocenters. The van der Waals surface area contributed by atoms with Gasteiger partial charge in [-0.15, -0.1) is 0 Å². The van der Waals surface area contributed by atoms with Gasteiger partial charge < -0.3 is 106 Å². The van der Waals surface area contributed by atoms with E-state index in [-0.39, 0.29) is 109 Å². The van der Waals surface area contributed by atoms with Gasteiger partial charge in [-0.3, -0.25) is 0 Å². The molecule has 9 heterocycles. The van der Waals surface area contributed by atoms with Crippen molar-refractivity contribution in [2.75, 3.05) is 187 Å². The van der Waals surface area contributed by atoms with Gasteiger partial charge in [-0.25, -0.2) is 0 Å². The lowest BCUT2D eigenvalue weighted by Crippen LogP contribution is -2.63. The Labute approximate surface area is 763 Å². The summed E-state index contributed by atoms with van der Waals surface area (Å²) < 4.78 is 34.8. The van der Waals surface area contributed by atoms with Crippen molar-refractivity contribution in [3.63, 3.8) is 0 Å². The number of ether oxygens (including phenoxy) is 6. The smallest absolute Gasteiger partial charge is 0.232 e. The van der Waals surface area contributed by atoms with Gasteiger partial charge in [-0.05, 0) is 313 Å². The van der Waals surface area contributed by atoms with Crippen LogP contribution in [0, 0.1) is 5.92 Å². The van der Waals surface area contributed by atoms with Crippen molar-refractivity contribution in [2.45, 2.75) is 417 Å². The molecule has 9 N–H and O–H groups in total. The molecule has 0 aromatic carbocycles. The van der Waals surface area contributed by atoms with Crippen molar-refractivity contribution < 1.29 is 28.4 Å². The Balaban J connectivity index is 1.12. The first-order chi connectivity index (χ1) is 58.9. The second kappa shape index (κ2) is 44.5. The van der Waals surface area contributed by atoms with Gasteiger partial charge in [0.05, 0.1) is 0 Å². The fraction of sp³-hybridized carbons (Fsp3) is 0.906. The molecule has 6 aliphatic rings. The summed E-state index contributed by atoms with van der Waals surface area (Å²) in [5, 5.41) is 35.6. The summed E-state index contributed by atoms with van der Waals surface area (Å²) in [5.41, 5.74) is -1.50. The molecule has 1 unspecified atom stereocenters. The number of nitrogens with one attached hydrogen (secondary N) is 9. The highest BCUT2D eigenvalue weighted by molar-refractivity contribution is 5.51. The molecule has 6 saturated heterocycles. The summed E-state index contributed by atoms with van der Waals surface area (Å²) in [6, 6.07) is 0.934. The van der Waals surface area contributed by atoms with Crippen molar-refractivity contribution in [1.82, 2.24) is 76.8 Å². The molecule has 0 radical (unpaired) electrons. The topological polar surface area (TPSA) is 299 Å². The van der Waals surface area contributed by atoms with Crippen molar-refractivity contribution in [3.05, 3.63) is 0 Å².